The zero-order chi connectivity index (χ0) is 20.1. The summed E-state index contributed by atoms with van der Waals surface area (Å²) in [5, 5.41) is 7.14. The highest BCUT2D eigenvalue weighted by molar-refractivity contribution is 7.90. The van der Waals surface area contributed by atoms with Gasteiger partial charge in [0, 0.05) is 5.56 Å². The van der Waals surface area contributed by atoms with E-state index in [4.69, 9.17) is 0 Å². The molecule has 3 aromatic rings. The van der Waals surface area contributed by atoms with E-state index in [1.54, 1.807) is 10.7 Å². The summed E-state index contributed by atoms with van der Waals surface area (Å²) in [5.41, 5.74) is 3.46. The van der Waals surface area contributed by atoms with Crippen LogP contribution in [0.4, 0.5) is 10.2 Å². The van der Waals surface area contributed by atoms with Crippen LogP contribution < -0.4 is 5.32 Å². The predicted octanol–water partition coefficient (Wildman–Crippen LogP) is 3.31. The molecular weight excluding hydrogens is 381 g/mol. The second-order valence-corrected chi connectivity index (χ2v) is 8.94. The summed E-state index contributed by atoms with van der Waals surface area (Å²) in [7, 11) is -3.31. The van der Waals surface area contributed by atoms with Crippen molar-refractivity contribution in [2.75, 3.05) is 5.32 Å². The average molecular weight is 399 g/mol. The quantitative estimate of drug-likeness (QED) is 0.733. The smallest absolute Gasteiger partial charge is 0.259 e. The summed E-state index contributed by atoms with van der Waals surface area (Å²) in [5.74, 6) is -1.43. The van der Waals surface area contributed by atoms with Gasteiger partial charge < -0.3 is 5.32 Å². The van der Waals surface area contributed by atoms with Gasteiger partial charge in [-0.15, -0.1) is 0 Å². The Hall–Kier alpha value is -3.00. The molecule has 1 N–H and O–H groups in total. The number of fused-ring (bicyclic) bond motifs is 1. The molecule has 6 nitrogen and oxygen atoms in total. The van der Waals surface area contributed by atoms with Gasteiger partial charge >= 0.3 is 0 Å². The van der Waals surface area contributed by atoms with Gasteiger partial charge in [0.1, 0.15) is 11.6 Å². The summed E-state index contributed by atoms with van der Waals surface area (Å²) in [4.78, 5) is 12.7. The van der Waals surface area contributed by atoms with Crippen molar-refractivity contribution in [3.63, 3.8) is 0 Å². The Labute approximate surface area is 161 Å². The molecule has 1 aliphatic heterocycles. The van der Waals surface area contributed by atoms with E-state index >= 15 is 0 Å². The van der Waals surface area contributed by atoms with Crippen molar-refractivity contribution in [3.8, 4) is 5.69 Å². The molecule has 1 amide bonds. The fourth-order valence-corrected chi connectivity index (χ4v) is 4.82. The number of halogens is 1. The van der Waals surface area contributed by atoms with Crippen LogP contribution >= 0.6 is 0 Å². The Morgan fingerprint density at radius 1 is 1.11 bits per heavy atom. The van der Waals surface area contributed by atoms with E-state index < -0.39 is 21.6 Å². The second-order valence-electron chi connectivity index (χ2n) is 6.87. The molecule has 0 unspecified atom stereocenters. The normalized spacial score (nSPS) is 14.7. The average Bonchev–Trinajstić information content (AvgIpc) is 3.10. The number of nitrogens with one attached hydrogen (secondary N) is 1. The summed E-state index contributed by atoms with van der Waals surface area (Å²) in [6.07, 6.45) is 0. The number of hydrogen-bond donors (Lipinski definition) is 1. The van der Waals surface area contributed by atoms with Crippen LogP contribution in [-0.4, -0.2) is 24.1 Å². The van der Waals surface area contributed by atoms with Crippen molar-refractivity contribution in [3.05, 3.63) is 76.2 Å². The fraction of sp³-hybridized carbons (Fsp3) is 0.200. The van der Waals surface area contributed by atoms with Crippen molar-refractivity contribution in [2.24, 2.45) is 0 Å². The van der Waals surface area contributed by atoms with Gasteiger partial charge in [0.25, 0.3) is 5.91 Å². The first kappa shape index (κ1) is 18.4. The van der Waals surface area contributed by atoms with Crippen LogP contribution in [0.3, 0.4) is 0 Å². The summed E-state index contributed by atoms with van der Waals surface area (Å²) < 4.78 is 39.7. The molecule has 4 rings (SSSR count). The maximum Gasteiger partial charge on any atom is 0.259 e. The highest BCUT2D eigenvalue weighted by atomic mass is 32.2. The molecular formula is C20H18FN3O3S. The van der Waals surface area contributed by atoms with Gasteiger partial charge in [0.15, 0.2) is 9.84 Å². The van der Waals surface area contributed by atoms with Crippen molar-refractivity contribution in [1.29, 1.82) is 0 Å². The fourth-order valence-electron chi connectivity index (χ4n) is 3.33. The lowest BCUT2D eigenvalue weighted by molar-refractivity contribution is 0.102. The SMILES string of the molecule is Cc1cccc(-n2nc3c(c2NC(=O)c2ccccc2F)CS(=O)(=O)C3)c1C. The van der Waals surface area contributed by atoms with E-state index in [1.807, 2.05) is 32.0 Å². The van der Waals surface area contributed by atoms with Gasteiger partial charge in [-0.25, -0.2) is 17.5 Å². The molecule has 2 heterocycles. The topological polar surface area (TPSA) is 81.1 Å². The Kier molecular flexibility index (Phi) is 4.30. The first-order valence-corrected chi connectivity index (χ1v) is 10.5. The maximum atomic E-state index is 14.0. The van der Waals surface area contributed by atoms with Crippen LogP contribution in [0, 0.1) is 19.7 Å². The van der Waals surface area contributed by atoms with Crippen LogP contribution in [0.5, 0.6) is 0 Å². The van der Waals surface area contributed by atoms with Crippen LogP contribution in [0.25, 0.3) is 5.69 Å². The molecule has 0 spiro atoms. The van der Waals surface area contributed by atoms with Crippen LogP contribution in [0.15, 0.2) is 42.5 Å². The molecule has 0 atom stereocenters. The molecule has 0 radical (unpaired) electrons. The molecule has 28 heavy (non-hydrogen) atoms. The lowest BCUT2D eigenvalue weighted by atomic mass is 10.1. The number of benzene rings is 2. The van der Waals surface area contributed by atoms with Gasteiger partial charge in [-0.1, -0.05) is 24.3 Å². The lowest BCUT2D eigenvalue weighted by Crippen LogP contribution is -2.18. The minimum Gasteiger partial charge on any atom is -0.306 e. The minimum absolute atomic E-state index is 0.120. The number of rotatable bonds is 3. The van der Waals surface area contributed by atoms with Gasteiger partial charge in [-0.2, -0.15) is 5.10 Å². The van der Waals surface area contributed by atoms with E-state index in [2.05, 4.69) is 10.4 Å². The highest BCUT2D eigenvalue weighted by Crippen LogP contribution is 2.34. The molecule has 0 saturated carbocycles. The number of aryl methyl sites for hydroxylation is 1. The first-order chi connectivity index (χ1) is 13.3. The van der Waals surface area contributed by atoms with Crippen molar-refractivity contribution >= 4 is 21.6 Å². The Balaban J connectivity index is 1.85. The van der Waals surface area contributed by atoms with E-state index in [1.165, 1.54) is 18.2 Å². The molecule has 2 aromatic carbocycles. The summed E-state index contributed by atoms with van der Waals surface area (Å²) in [6, 6.07) is 11.3. The zero-order valence-electron chi connectivity index (χ0n) is 15.4. The van der Waals surface area contributed by atoms with E-state index in [0.29, 0.717) is 11.3 Å². The number of sulfone groups is 1. The minimum atomic E-state index is -3.31. The van der Waals surface area contributed by atoms with Gasteiger partial charge in [-0.3, -0.25) is 4.79 Å². The summed E-state index contributed by atoms with van der Waals surface area (Å²) in [6.45, 7) is 3.88. The number of hydrogen-bond acceptors (Lipinski definition) is 4. The molecule has 0 aliphatic carbocycles. The summed E-state index contributed by atoms with van der Waals surface area (Å²) >= 11 is 0. The van der Waals surface area contributed by atoms with Gasteiger partial charge in [-0.05, 0) is 43.2 Å². The number of anilines is 1. The van der Waals surface area contributed by atoms with E-state index in [9.17, 15) is 17.6 Å². The van der Waals surface area contributed by atoms with Gasteiger partial charge in [0.2, 0.25) is 0 Å². The Morgan fingerprint density at radius 2 is 1.86 bits per heavy atom. The molecule has 0 saturated heterocycles. The lowest BCUT2D eigenvalue weighted by Gasteiger charge is -2.14. The third kappa shape index (κ3) is 3.09. The van der Waals surface area contributed by atoms with E-state index in [-0.39, 0.29) is 22.9 Å². The van der Waals surface area contributed by atoms with Crippen molar-refractivity contribution in [1.82, 2.24) is 9.78 Å². The Morgan fingerprint density at radius 3 is 2.61 bits per heavy atom. The number of carbonyl (C=O) groups is 1. The highest BCUT2D eigenvalue weighted by Gasteiger charge is 2.33. The van der Waals surface area contributed by atoms with Crippen molar-refractivity contribution in [2.45, 2.75) is 25.4 Å². The largest absolute Gasteiger partial charge is 0.306 e. The third-order valence-electron chi connectivity index (χ3n) is 4.94. The maximum absolute atomic E-state index is 14.0. The van der Waals surface area contributed by atoms with E-state index in [0.717, 1.165) is 16.8 Å². The monoisotopic (exact) mass is 399 g/mol. The van der Waals surface area contributed by atoms with Gasteiger partial charge in [0.05, 0.1) is 28.5 Å². The molecule has 144 valence electrons. The van der Waals surface area contributed by atoms with Crippen LogP contribution in [-0.2, 0) is 21.3 Å². The van der Waals surface area contributed by atoms with Crippen LogP contribution in [0.2, 0.25) is 0 Å². The third-order valence-corrected chi connectivity index (χ3v) is 6.38. The molecule has 0 fully saturated rings. The molecule has 1 aliphatic rings. The number of carbonyl (C=O) groups excluding carboxylic acids is 1. The predicted molar refractivity (Wildman–Crippen MR) is 104 cm³/mol. The number of amides is 1. The number of aromatic nitrogens is 2. The standard InChI is InChI=1S/C20H18FN3O3S/c1-12-6-5-9-18(13(12)2)24-19(15-10-28(26,27)11-17(15)23-24)22-20(25)14-7-3-4-8-16(14)21/h3-9H,10-11H2,1-2H3,(H,22,25). The Bertz CT molecular complexity index is 1220. The van der Waals surface area contributed by atoms with Crippen LogP contribution in [0.1, 0.15) is 32.7 Å². The molecule has 1 aromatic heterocycles. The van der Waals surface area contributed by atoms with Crippen molar-refractivity contribution < 1.29 is 17.6 Å². The zero-order valence-corrected chi connectivity index (χ0v) is 16.2. The molecule has 0 bridgehead atoms. The number of nitrogens with zero attached hydrogens (tertiary/aromatic N) is 2. The first-order valence-electron chi connectivity index (χ1n) is 8.70. The second kappa shape index (κ2) is 6.56. The molecule has 8 heteroatoms.